The van der Waals surface area contributed by atoms with E-state index in [4.69, 9.17) is 15.2 Å². The highest BCUT2D eigenvalue weighted by atomic mass is 16.6. The first kappa shape index (κ1) is 30.9. The average molecular weight is 576 g/mol. The van der Waals surface area contributed by atoms with Crippen LogP contribution in [0, 0.1) is 5.92 Å². The molecule has 0 spiro atoms. The van der Waals surface area contributed by atoms with E-state index in [9.17, 15) is 19.8 Å². The summed E-state index contributed by atoms with van der Waals surface area (Å²) in [5, 5.41) is 23.6. The van der Waals surface area contributed by atoms with Gasteiger partial charge in [-0.25, -0.2) is 19.7 Å². The van der Waals surface area contributed by atoms with Crippen LogP contribution < -0.4 is 11.1 Å². The summed E-state index contributed by atoms with van der Waals surface area (Å²) < 4.78 is 12.9. The quantitative estimate of drug-likeness (QED) is 0.365. The number of aliphatic hydroxyl groups is 2. The third-order valence-electron chi connectivity index (χ3n) is 8.07. The highest BCUT2D eigenvalue weighted by molar-refractivity contribution is 5.83. The van der Waals surface area contributed by atoms with Gasteiger partial charge in [-0.1, -0.05) is 13.8 Å². The Hall–Kier alpha value is -3.03. The number of likely N-dealkylation sites (tertiary alicyclic amines) is 1. The number of nitrogens with zero attached hydrogens (tertiary/aromatic N) is 5. The molecule has 228 valence electrons. The molecule has 13 nitrogen and oxygen atoms in total. The van der Waals surface area contributed by atoms with Crippen molar-refractivity contribution in [2.24, 2.45) is 5.92 Å². The predicted molar refractivity (Wildman–Crippen MR) is 152 cm³/mol. The second-order valence-electron chi connectivity index (χ2n) is 10.8. The van der Waals surface area contributed by atoms with Crippen molar-refractivity contribution in [2.45, 2.75) is 109 Å². The maximum absolute atomic E-state index is 12.4. The molecule has 2 saturated heterocycles. The summed E-state index contributed by atoms with van der Waals surface area (Å²) >= 11 is 0. The number of rotatable bonds is 8. The topological polar surface area (TPSA) is 178 Å². The number of imidazole rings is 1. The molecule has 13 heteroatoms. The molecule has 4 atom stereocenters. The third-order valence-corrected chi connectivity index (χ3v) is 8.07. The number of aliphatic hydroxyl groups excluding tert-OH is 2. The number of carbonyl (C=O) groups excluding carboxylic acids is 2. The van der Waals surface area contributed by atoms with Gasteiger partial charge >= 0.3 is 6.09 Å². The number of fused-ring (bicyclic) bond motifs is 1. The van der Waals surface area contributed by atoms with E-state index < -0.39 is 30.4 Å². The predicted octanol–water partition coefficient (Wildman–Crippen LogP) is 2.30. The molecule has 0 aromatic carbocycles. The number of nitrogens with two attached hydrogens (primary N) is 1. The van der Waals surface area contributed by atoms with Crippen molar-refractivity contribution in [3.8, 4) is 0 Å². The van der Waals surface area contributed by atoms with E-state index in [2.05, 4.69) is 20.3 Å². The number of aromatic nitrogens is 4. The highest BCUT2D eigenvalue weighted by Crippen LogP contribution is 2.32. The number of amides is 2. The van der Waals surface area contributed by atoms with Crippen molar-refractivity contribution in [3.05, 3.63) is 12.2 Å². The molecule has 0 radical (unpaired) electrons. The van der Waals surface area contributed by atoms with Crippen molar-refractivity contribution >= 4 is 29.0 Å². The lowest BCUT2D eigenvalue weighted by Crippen LogP contribution is -2.42. The minimum atomic E-state index is -1.39. The van der Waals surface area contributed by atoms with Crippen LogP contribution in [0.2, 0.25) is 0 Å². The van der Waals surface area contributed by atoms with Crippen LogP contribution in [0.5, 0.6) is 0 Å². The number of ether oxygens (including phenoxy) is 2. The van der Waals surface area contributed by atoms with Gasteiger partial charge in [0, 0.05) is 26.1 Å². The van der Waals surface area contributed by atoms with E-state index in [0.29, 0.717) is 35.9 Å². The molecule has 1 aliphatic carbocycles. The Kier molecular flexibility index (Phi) is 10.7. The molecule has 4 heterocycles. The smallest absolute Gasteiger partial charge is 0.410 e. The Bertz CT molecular complexity index is 1160. The van der Waals surface area contributed by atoms with Crippen molar-refractivity contribution in [3.63, 3.8) is 0 Å². The van der Waals surface area contributed by atoms with Crippen molar-refractivity contribution in [2.75, 3.05) is 25.4 Å². The number of aryl methyl sites for hydroxylation is 1. The highest BCUT2D eigenvalue weighted by Gasteiger charge is 2.47. The van der Waals surface area contributed by atoms with Crippen LogP contribution >= 0.6 is 0 Å². The van der Waals surface area contributed by atoms with Gasteiger partial charge in [0.1, 0.15) is 29.7 Å². The number of likely N-dealkylation sites (N-methyl/N-ethyl adjacent to an activating group) is 1. The molecule has 2 aromatic heterocycles. The fourth-order valence-corrected chi connectivity index (χ4v) is 5.84. The summed E-state index contributed by atoms with van der Waals surface area (Å²) in [6, 6.07) is 0. The summed E-state index contributed by atoms with van der Waals surface area (Å²) in [5.74, 6) is 0.785. The number of hydrogen-bond acceptors (Lipinski definition) is 10. The van der Waals surface area contributed by atoms with E-state index in [1.54, 1.807) is 6.92 Å². The Morgan fingerprint density at radius 3 is 2.51 bits per heavy atom. The number of carbonyl (C=O) groups is 2. The van der Waals surface area contributed by atoms with Crippen LogP contribution in [0.15, 0.2) is 6.33 Å². The summed E-state index contributed by atoms with van der Waals surface area (Å²) in [5.41, 5.74) is 6.91. The second-order valence-corrected chi connectivity index (χ2v) is 10.8. The summed E-state index contributed by atoms with van der Waals surface area (Å²) in [4.78, 5) is 39.8. The summed E-state index contributed by atoms with van der Waals surface area (Å²) in [6.45, 7) is 7.57. The molecular formula is C28H45N7O6. The first-order chi connectivity index (χ1) is 19.9. The zero-order chi connectivity index (χ0) is 29.5. The fourth-order valence-electron chi connectivity index (χ4n) is 5.84. The largest absolute Gasteiger partial charge is 0.446 e. The van der Waals surface area contributed by atoms with E-state index in [0.717, 1.165) is 64.5 Å². The fraction of sp³-hybridized carbons (Fsp3) is 0.750. The van der Waals surface area contributed by atoms with Gasteiger partial charge in [0.15, 0.2) is 23.8 Å². The molecular weight excluding hydrogens is 530 g/mol. The lowest BCUT2D eigenvalue weighted by Gasteiger charge is -2.32. The van der Waals surface area contributed by atoms with E-state index in [1.165, 1.54) is 10.9 Å². The SMILES string of the molecule is CC.CCNC(=O)[C@H]1O[C@@H](n2cnc3c(N)nc(CCCC4CCN(C(=O)OC5CCCC5)CC4)nc32)[C@@H](O)C1O. The van der Waals surface area contributed by atoms with Gasteiger partial charge in [-0.2, -0.15) is 0 Å². The van der Waals surface area contributed by atoms with Gasteiger partial charge in [0.2, 0.25) is 0 Å². The monoisotopic (exact) mass is 575 g/mol. The zero-order valence-electron chi connectivity index (χ0n) is 24.4. The van der Waals surface area contributed by atoms with Crippen molar-refractivity contribution in [1.82, 2.24) is 29.7 Å². The lowest BCUT2D eigenvalue weighted by molar-refractivity contribution is -0.137. The Morgan fingerprint density at radius 1 is 1.12 bits per heavy atom. The van der Waals surface area contributed by atoms with Gasteiger partial charge in [-0.15, -0.1) is 0 Å². The Morgan fingerprint density at radius 2 is 1.83 bits per heavy atom. The minimum absolute atomic E-state index is 0.0897. The molecule has 0 bridgehead atoms. The maximum Gasteiger partial charge on any atom is 0.410 e. The van der Waals surface area contributed by atoms with Crippen LogP contribution in [-0.4, -0.2) is 90.7 Å². The van der Waals surface area contributed by atoms with Gasteiger partial charge in [-0.3, -0.25) is 9.36 Å². The van der Waals surface area contributed by atoms with Crippen molar-refractivity contribution in [1.29, 1.82) is 0 Å². The van der Waals surface area contributed by atoms with Crippen molar-refractivity contribution < 1.29 is 29.3 Å². The van der Waals surface area contributed by atoms with Gasteiger partial charge in [0.25, 0.3) is 5.91 Å². The third kappa shape index (κ3) is 7.07. The standard InChI is InChI=1S/C26H39N7O6.C2H6/c1-2-28-24(36)21-19(34)20(35)25(39-21)33-14-29-18-22(27)30-17(31-23(18)33)9-5-6-15-10-12-32(13-11-15)26(37)38-16-7-3-4-8-16;1-2/h14-16,19-21,25,34-35H,2-13H2,1H3,(H,28,36)(H2,27,30,31);1-2H3/t19?,20-,21-,25+;/m0./s1. The van der Waals surface area contributed by atoms with Crippen LogP contribution in [0.25, 0.3) is 11.2 Å². The normalized spacial score (nSPS) is 25.2. The number of hydrogen-bond donors (Lipinski definition) is 4. The summed E-state index contributed by atoms with van der Waals surface area (Å²) in [7, 11) is 0. The summed E-state index contributed by atoms with van der Waals surface area (Å²) in [6.07, 6.45) is 4.91. The zero-order valence-corrected chi connectivity index (χ0v) is 24.4. The van der Waals surface area contributed by atoms with Gasteiger partial charge < -0.3 is 35.6 Å². The number of nitrogen functional groups attached to an aromatic ring is 1. The molecule has 41 heavy (non-hydrogen) atoms. The number of anilines is 1. The van der Waals surface area contributed by atoms with Crippen LogP contribution in [0.4, 0.5) is 10.6 Å². The van der Waals surface area contributed by atoms with E-state index in [-0.39, 0.29) is 18.0 Å². The Balaban J connectivity index is 0.00000189. The van der Waals surface area contributed by atoms with Crippen LogP contribution in [0.1, 0.15) is 84.2 Å². The first-order valence-electron chi connectivity index (χ1n) is 15.1. The van der Waals surface area contributed by atoms with E-state index >= 15 is 0 Å². The molecule has 3 fully saturated rings. The average Bonchev–Trinajstić information content (AvgIpc) is 3.71. The maximum atomic E-state index is 12.4. The molecule has 2 aromatic rings. The number of piperidine rings is 1. The molecule has 5 rings (SSSR count). The molecule has 3 aliphatic rings. The minimum Gasteiger partial charge on any atom is -0.446 e. The van der Waals surface area contributed by atoms with Crippen LogP contribution in [-0.2, 0) is 20.7 Å². The molecule has 2 amide bonds. The van der Waals surface area contributed by atoms with E-state index in [1.807, 2.05) is 18.7 Å². The lowest BCUT2D eigenvalue weighted by atomic mass is 9.91. The second kappa shape index (κ2) is 14.2. The first-order valence-corrected chi connectivity index (χ1v) is 15.1. The van der Waals surface area contributed by atoms with Crippen LogP contribution in [0.3, 0.4) is 0 Å². The molecule has 2 aliphatic heterocycles. The van der Waals surface area contributed by atoms with Gasteiger partial charge in [0.05, 0.1) is 6.33 Å². The molecule has 1 unspecified atom stereocenters. The number of nitrogens with one attached hydrogen (secondary N) is 1. The molecule has 1 saturated carbocycles. The van der Waals surface area contributed by atoms with Gasteiger partial charge in [-0.05, 0) is 64.2 Å². The Labute approximate surface area is 240 Å². The molecule has 5 N–H and O–H groups in total.